The van der Waals surface area contributed by atoms with Crippen molar-refractivity contribution in [3.05, 3.63) is 105 Å². The van der Waals surface area contributed by atoms with E-state index in [9.17, 15) is 14.7 Å². The first-order chi connectivity index (χ1) is 15.4. The first kappa shape index (κ1) is 21.4. The SMILES string of the molecule is CCc1ccc(N(C)C(=O)c2cc3ccccc3n(Cc3ccc(O)cc3C)c2=O)cc1. The van der Waals surface area contributed by atoms with Gasteiger partial charge in [0.05, 0.1) is 12.1 Å². The van der Waals surface area contributed by atoms with Crippen LogP contribution in [0.4, 0.5) is 5.69 Å². The fourth-order valence-electron chi connectivity index (χ4n) is 3.92. The number of phenols is 1. The van der Waals surface area contributed by atoms with Gasteiger partial charge >= 0.3 is 0 Å². The third kappa shape index (κ3) is 4.02. The summed E-state index contributed by atoms with van der Waals surface area (Å²) in [6.07, 6.45) is 0.921. The van der Waals surface area contributed by atoms with Crippen molar-refractivity contribution in [3.63, 3.8) is 0 Å². The average Bonchev–Trinajstić information content (AvgIpc) is 2.81. The van der Waals surface area contributed by atoms with E-state index in [0.29, 0.717) is 6.54 Å². The Labute approximate surface area is 187 Å². The number of pyridine rings is 1. The largest absolute Gasteiger partial charge is 0.508 e. The fourth-order valence-corrected chi connectivity index (χ4v) is 3.92. The summed E-state index contributed by atoms with van der Waals surface area (Å²) >= 11 is 0. The molecule has 0 aliphatic carbocycles. The van der Waals surface area contributed by atoms with E-state index in [0.717, 1.165) is 34.1 Å². The molecule has 0 radical (unpaired) electrons. The fraction of sp³-hybridized carbons (Fsp3) is 0.185. The van der Waals surface area contributed by atoms with Crippen LogP contribution >= 0.6 is 0 Å². The highest BCUT2D eigenvalue weighted by Crippen LogP contribution is 2.21. The van der Waals surface area contributed by atoms with Gasteiger partial charge in [-0.3, -0.25) is 9.59 Å². The molecule has 0 unspecified atom stereocenters. The quantitative estimate of drug-likeness (QED) is 0.494. The van der Waals surface area contributed by atoms with Crippen molar-refractivity contribution in [1.29, 1.82) is 0 Å². The Kier molecular flexibility index (Phi) is 5.82. The van der Waals surface area contributed by atoms with Crippen molar-refractivity contribution < 1.29 is 9.90 Å². The van der Waals surface area contributed by atoms with Crippen LogP contribution < -0.4 is 10.5 Å². The zero-order chi connectivity index (χ0) is 22.8. The molecule has 4 aromatic rings. The summed E-state index contributed by atoms with van der Waals surface area (Å²) < 4.78 is 1.63. The highest BCUT2D eigenvalue weighted by Gasteiger charge is 2.20. The van der Waals surface area contributed by atoms with Crippen LogP contribution in [-0.4, -0.2) is 22.6 Å². The summed E-state index contributed by atoms with van der Waals surface area (Å²) in [5.41, 5.74) is 4.26. The number of anilines is 1. The molecule has 5 heteroatoms. The van der Waals surface area contributed by atoms with Crippen molar-refractivity contribution in [2.75, 3.05) is 11.9 Å². The Morgan fingerprint density at radius 2 is 1.72 bits per heavy atom. The van der Waals surface area contributed by atoms with Crippen molar-refractivity contribution >= 4 is 22.5 Å². The molecule has 1 amide bonds. The van der Waals surface area contributed by atoms with Crippen molar-refractivity contribution in [2.24, 2.45) is 0 Å². The summed E-state index contributed by atoms with van der Waals surface area (Å²) in [5, 5.41) is 10.6. The molecule has 0 saturated carbocycles. The molecular formula is C27H26N2O3. The van der Waals surface area contributed by atoms with Crippen LogP contribution in [-0.2, 0) is 13.0 Å². The number of aromatic nitrogens is 1. The molecule has 5 nitrogen and oxygen atoms in total. The van der Waals surface area contributed by atoms with E-state index in [1.54, 1.807) is 29.8 Å². The van der Waals surface area contributed by atoms with Gasteiger partial charge in [0.15, 0.2) is 0 Å². The molecule has 162 valence electrons. The number of rotatable bonds is 5. The van der Waals surface area contributed by atoms with Gasteiger partial charge in [-0.1, -0.05) is 43.3 Å². The molecule has 0 fully saturated rings. The van der Waals surface area contributed by atoms with E-state index in [1.165, 1.54) is 10.5 Å². The lowest BCUT2D eigenvalue weighted by Gasteiger charge is -2.19. The molecule has 4 rings (SSSR count). The van der Waals surface area contributed by atoms with Crippen LogP contribution in [0.2, 0.25) is 0 Å². The zero-order valence-corrected chi connectivity index (χ0v) is 18.5. The minimum atomic E-state index is -0.346. The summed E-state index contributed by atoms with van der Waals surface area (Å²) in [6.45, 7) is 4.28. The summed E-state index contributed by atoms with van der Waals surface area (Å²) in [7, 11) is 1.69. The molecule has 1 heterocycles. The number of carbonyl (C=O) groups excluding carboxylic acids is 1. The maximum Gasteiger partial charge on any atom is 0.264 e. The third-order valence-electron chi connectivity index (χ3n) is 5.92. The number of hydrogen-bond donors (Lipinski definition) is 1. The van der Waals surface area contributed by atoms with Crippen LogP contribution in [0.3, 0.4) is 0 Å². The minimum absolute atomic E-state index is 0.127. The number of aryl methyl sites for hydroxylation is 2. The molecule has 0 aliphatic heterocycles. The van der Waals surface area contributed by atoms with Crippen molar-refractivity contribution in [2.45, 2.75) is 26.8 Å². The average molecular weight is 427 g/mol. The predicted molar refractivity (Wildman–Crippen MR) is 129 cm³/mol. The number of carbonyl (C=O) groups is 1. The Bertz CT molecular complexity index is 1350. The molecule has 0 saturated heterocycles. The second-order valence-electron chi connectivity index (χ2n) is 8.00. The van der Waals surface area contributed by atoms with Gasteiger partial charge in [-0.25, -0.2) is 0 Å². The Morgan fingerprint density at radius 3 is 2.41 bits per heavy atom. The number of fused-ring (bicyclic) bond motifs is 1. The monoisotopic (exact) mass is 426 g/mol. The molecule has 0 spiro atoms. The van der Waals surface area contributed by atoms with Crippen LogP contribution in [0.15, 0.2) is 77.6 Å². The van der Waals surface area contributed by atoms with Crippen molar-refractivity contribution in [1.82, 2.24) is 4.57 Å². The second-order valence-corrected chi connectivity index (χ2v) is 8.00. The number of hydrogen-bond acceptors (Lipinski definition) is 3. The summed E-state index contributed by atoms with van der Waals surface area (Å²) in [6, 6.07) is 22.1. The van der Waals surface area contributed by atoms with Gasteiger partial charge in [-0.05, 0) is 71.8 Å². The van der Waals surface area contributed by atoms with E-state index in [4.69, 9.17) is 0 Å². The lowest BCUT2D eigenvalue weighted by molar-refractivity contribution is 0.0991. The van der Waals surface area contributed by atoms with E-state index in [-0.39, 0.29) is 22.8 Å². The van der Waals surface area contributed by atoms with Crippen LogP contribution in [0.1, 0.15) is 34.0 Å². The number of nitrogens with zero attached hydrogens (tertiary/aromatic N) is 2. The molecule has 32 heavy (non-hydrogen) atoms. The van der Waals surface area contributed by atoms with Gasteiger partial charge < -0.3 is 14.6 Å². The number of phenolic OH excluding ortho intramolecular Hbond substituents is 1. The summed E-state index contributed by atoms with van der Waals surface area (Å²) in [4.78, 5) is 28.4. The van der Waals surface area contributed by atoms with Gasteiger partial charge in [-0.2, -0.15) is 0 Å². The normalized spacial score (nSPS) is 11.0. The molecule has 0 aliphatic rings. The first-order valence-corrected chi connectivity index (χ1v) is 10.7. The molecule has 1 N–H and O–H groups in total. The van der Waals surface area contributed by atoms with Crippen LogP contribution in [0, 0.1) is 6.92 Å². The molecular weight excluding hydrogens is 400 g/mol. The topological polar surface area (TPSA) is 62.5 Å². The first-order valence-electron chi connectivity index (χ1n) is 10.7. The Morgan fingerprint density at radius 1 is 1.00 bits per heavy atom. The zero-order valence-electron chi connectivity index (χ0n) is 18.5. The van der Waals surface area contributed by atoms with Gasteiger partial charge in [-0.15, -0.1) is 0 Å². The third-order valence-corrected chi connectivity index (χ3v) is 5.92. The molecule has 3 aromatic carbocycles. The number of benzene rings is 3. The lowest BCUT2D eigenvalue weighted by atomic mass is 10.1. The van der Waals surface area contributed by atoms with E-state index in [2.05, 4.69) is 6.92 Å². The smallest absolute Gasteiger partial charge is 0.264 e. The van der Waals surface area contributed by atoms with E-state index >= 15 is 0 Å². The van der Waals surface area contributed by atoms with Crippen LogP contribution in [0.5, 0.6) is 5.75 Å². The van der Waals surface area contributed by atoms with Gasteiger partial charge in [0.25, 0.3) is 11.5 Å². The number of amides is 1. The van der Waals surface area contributed by atoms with E-state index < -0.39 is 0 Å². The highest BCUT2D eigenvalue weighted by atomic mass is 16.3. The lowest BCUT2D eigenvalue weighted by Crippen LogP contribution is -2.34. The van der Waals surface area contributed by atoms with Crippen molar-refractivity contribution in [3.8, 4) is 5.75 Å². The maximum atomic E-state index is 13.5. The predicted octanol–water partition coefficient (Wildman–Crippen LogP) is 4.90. The maximum absolute atomic E-state index is 13.5. The van der Waals surface area contributed by atoms with Gasteiger partial charge in [0.1, 0.15) is 11.3 Å². The molecule has 0 bridgehead atoms. The standard InChI is InChI=1S/C27H26N2O3/c1-4-19-9-12-22(13-10-19)28(3)26(31)24-16-20-7-5-6-8-25(20)29(27(24)32)17-21-11-14-23(30)15-18(21)2/h5-16,30H,4,17H2,1-3H3. The summed E-state index contributed by atoms with van der Waals surface area (Å²) in [5.74, 6) is -0.163. The Balaban J connectivity index is 1.80. The number of aromatic hydroxyl groups is 1. The number of para-hydroxylation sites is 1. The minimum Gasteiger partial charge on any atom is -0.508 e. The molecule has 0 atom stereocenters. The van der Waals surface area contributed by atoms with E-state index in [1.807, 2.05) is 61.5 Å². The molecule has 1 aromatic heterocycles. The Hall–Kier alpha value is -3.86. The van der Waals surface area contributed by atoms with Crippen LogP contribution in [0.25, 0.3) is 10.9 Å². The van der Waals surface area contributed by atoms with Gasteiger partial charge in [0.2, 0.25) is 0 Å². The highest BCUT2D eigenvalue weighted by molar-refractivity contribution is 6.07. The van der Waals surface area contributed by atoms with Gasteiger partial charge in [0, 0.05) is 12.7 Å². The second kappa shape index (κ2) is 8.71.